The quantitative estimate of drug-likeness (QED) is 0.0170. The molecule has 3 unspecified atom stereocenters. The van der Waals surface area contributed by atoms with E-state index in [0.717, 1.165) is 66.8 Å². The van der Waals surface area contributed by atoms with Crippen LogP contribution in [0.2, 0.25) is 0 Å². The Bertz CT molecular complexity index is 4400. The number of alkyl carbamates (subject to hydrolysis) is 2. The molecule has 2 aliphatic carbocycles. The van der Waals surface area contributed by atoms with Gasteiger partial charge < -0.3 is 45.9 Å². The SMILES string of the molecule is CC(Cc1ccc(C(NC(=O)CC(NC(=O)OCC2c3ccccc3-c3ccccc32)C(=O)O)(c2ccccc2)c2ccccc2)cc1)C[C@H](NC(=O)C(CC(=O)NC(c1ccccc1)(c1ccccc1)c1ccccc1)NC(=O)OCC1c2ccccc2-c2ccccc21)C(=O)OC(C)(C)C. The van der Waals surface area contributed by atoms with Crippen LogP contribution in [-0.4, -0.2) is 83.9 Å². The molecule has 0 aromatic heterocycles. The Hall–Kier alpha value is -11.9. The fourth-order valence-electron chi connectivity index (χ4n) is 14.4. The van der Waals surface area contributed by atoms with Crippen molar-refractivity contribution in [1.82, 2.24) is 26.6 Å². The van der Waals surface area contributed by atoms with Gasteiger partial charge >= 0.3 is 24.1 Å². The third-order valence-corrected chi connectivity index (χ3v) is 19.0. The molecule has 0 spiro atoms. The maximum Gasteiger partial charge on any atom is 0.407 e. The summed E-state index contributed by atoms with van der Waals surface area (Å²) in [4.78, 5) is 101. The molecule has 516 valence electrons. The molecule has 12 rings (SSSR count). The minimum Gasteiger partial charge on any atom is -0.480 e. The molecule has 4 atom stereocenters. The van der Waals surface area contributed by atoms with Gasteiger partial charge in [0.05, 0.1) is 12.8 Å². The first-order valence-corrected chi connectivity index (χ1v) is 34.4. The molecule has 16 heteroatoms. The summed E-state index contributed by atoms with van der Waals surface area (Å²) in [6.45, 7) is 6.96. The lowest BCUT2D eigenvalue weighted by atomic mass is 9.76. The summed E-state index contributed by atoms with van der Waals surface area (Å²) >= 11 is 0. The molecule has 0 fully saturated rings. The van der Waals surface area contributed by atoms with Crippen molar-refractivity contribution in [2.24, 2.45) is 5.92 Å². The van der Waals surface area contributed by atoms with Crippen LogP contribution in [0.3, 0.4) is 0 Å². The van der Waals surface area contributed by atoms with Crippen molar-refractivity contribution >= 4 is 41.8 Å². The van der Waals surface area contributed by atoms with Gasteiger partial charge in [0.15, 0.2) is 0 Å². The van der Waals surface area contributed by atoms with Crippen molar-refractivity contribution in [3.63, 3.8) is 0 Å². The van der Waals surface area contributed by atoms with Crippen LogP contribution in [0, 0.1) is 5.92 Å². The number of carboxylic acid groups (broad SMARTS) is 1. The molecule has 0 saturated heterocycles. The van der Waals surface area contributed by atoms with Gasteiger partial charge in [-0.3, -0.25) is 14.4 Å². The van der Waals surface area contributed by atoms with Gasteiger partial charge in [0.1, 0.15) is 48.0 Å². The molecule has 5 amide bonds. The largest absolute Gasteiger partial charge is 0.480 e. The summed E-state index contributed by atoms with van der Waals surface area (Å²) in [6.07, 6.45) is -2.75. The van der Waals surface area contributed by atoms with Crippen LogP contribution in [0.5, 0.6) is 0 Å². The average Bonchev–Trinajstić information content (AvgIpc) is 1.12. The number of rotatable bonds is 26. The second-order valence-corrected chi connectivity index (χ2v) is 27.1. The molecule has 0 heterocycles. The lowest BCUT2D eigenvalue weighted by Gasteiger charge is -2.37. The third kappa shape index (κ3) is 15.6. The van der Waals surface area contributed by atoms with Crippen LogP contribution in [0.1, 0.15) is 120 Å². The van der Waals surface area contributed by atoms with E-state index in [1.165, 1.54) is 0 Å². The standard InChI is InChI=1S/C86H81N5O11/c1-56(50-57-46-48-63(49-47-57)86(61-34-16-8-17-35-61,62-36-18-9-19-37-62)91-78(93)53-75(80(95)96)89-83(99)101-55-73-70-44-26-22-40-66(70)67-41-23-27-45-71(67)73)51-76(81(97)102-84(2,3)4)87-79(94)74(88-82(98)100-54-72-68-42-24-20-38-64(68)65-39-21-25-43-69(65)72)52-77(92)90-85(58-28-10-5-11-29-58,59-30-12-6-13-31-59)60-32-14-7-15-33-60/h5-49,56,72-76H,50-55H2,1-4H3,(H,87,94)(H,88,98)(H,89,99)(H,90,92)(H,91,93)(H,95,96)/t56?,74?,75?,76-/m0/s1. The fourth-order valence-corrected chi connectivity index (χ4v) is 14.4. The van der Waals surface area contributed by atoms with Gasteiger partial charge in [0.25, 0.3) is 0 Å². The number of amides is 5. The van der Waals surface area contributed by atoms with Crippen LogP contribution in [0.4, 0.5) is 9.59 Å². The molecule has 0 radical (unpaired) electrons. The molecule has 16 nitrogen and oxygen atoms in total. The Morgan fingerprint density at radius 1 is 0.392 bits per heavy atom. The Kier molecular flexibility index (Phi) is 21.3. The maximum absolute atomic E-state index is 15.3. The van der Waals surface area contributed by atoms with Crippen LogP contribution < -0.4 is 26.6 Å². The molecule has 0 saturated carbocycles. The highest BCUT2D eigenvalue weighted by Gasteiger charge is 2.42. The topological polar surface area (TPSA) is 228 Å². The summed E-state index contributed by atoms with van der Waals surface area (Å²) in [5, 5.41) is 25.2. The van der Waals surface area contributed by atoms with E-state index >= 15 is 9.59 Å². The highest BCUT2D eigenvalue weighted by Crippen LogP contribution is 2.47. The number of esters is 1. The zero-order chi connectivity index (χ0) is 71.4. The number of aliphatic carboxylic acids is 1. The van der Waals surface area contributed by atoms with Gasteiger partial charge in [-0.1, -0.05) is 280 Å². The molecule has 10 aromatic rings. The van der Waals surface area contributed by atoms with E-state index in [0.29, 0.717) is 23.1 Å². The lowest BCUT2D eigenvalue weighted by Crippen LogP contribution is -2.55. The van der Waals surface area contributed by atoms with Crippen molar-refractivity contribution in [2.45, 2.75) is 100 Å². The van der Waals surface area contributed by atoms with Crippen LogP contribution in [0.15, 0.2) is 273 Å². The summed E-state index contributed by atoms with van der Waals surface area (Å²) in [5.74, 6) is -5.21. The zero-order valence-electron chi connectivity index (χ0n) is 57.2. The van der Waals surface area contributed by atoms with Crippen molar-refractivity contribution in [1.29, 1.82) is 0 Å². The van der Waals surface area contributed by atoms with Gasteiger partial charge in [-0.15, -0.1) is 0 Å². The van der Waals surface area contributed by atoms with E-state index in [9.17, 15) is 29.1 Å². The number of hydrogen-bond donors (Lipinski definition) is 6. The lowest BCUT2D eigenvalue weighted by molar-refractivity contribution is -0.159. The Morgan fingerprint density at radius 2 is 0.706 bits per heavy atom. The van der Waals surface area contributed by atoms with Gasteiger partial charge in [-0.25, -0.2) is 19.2 Å². The summed E-state index contributed by atoms with van der Waals surface area (Å²) in [6, 6.07) is 81.7. The smallest absolute Gasteiger partial charge is 0.407 e. The first kappa shape index (κ1) is 70.0. The van der Waals surface area contributed by atoms with Crippen molar-refractivity contribution in [3.05, 3.63) is 334 Å². The van der Waals surface area contributed by atoms with Gasteiger partial charge in [0, 0.05) is 11.8 Å². The van der Waals surface area contributed by atoms with Gasteiger partial charge in [-0.05, 0) is 123 Å². The summed E-state index contributed by atoms with van der Waals surface area (Å²) in [5.41, 5.74) is 9.34. The van der Waals surface area contributed by atoms with Crippen LogP contribution in [0.25, 0.3) is 22.3 Å². The van der Waals surface area contributed by atoms with E-state index < -0.39 is 89.5 Å². The molecule has 102 heavy (non-hydrogen) atoms. The highest BCUT2D eigenvalue weighted by molar-refractivity contribution is 5.94. The molecule has 2 aliphatic rings. The number of carbonyl (C=O) groups is 7. The Morgan fingerprint density at radius 3 is 1.05 bits per heavy atom. The minimum atomic E-state index is -1.67. The van der Waals surface area contributed by atoms with Gasteiger partial charge in [0.2, 0.25) is 17.7 Å². The first-order chi connectivity index (χ1) is 49.4. The number of carbonyl (C=O) groups excluding carboxylic acids is 6. The highest BCUT2D eigenvalue weighted by atomic mass is 16.6. The third-order valence-electron chi connectivity index (χ3n) is 19.0. The molecule has 0 bridgehead atoms. The number of nitrogens with one attached hydrogen (secondary N) is 5. The summed E-state index contributed by atoms with van der Waals surface area (Å²) < 4.78 is 17.7. The number of carboxylic acids is 1. The average molecular weight is 1360 g/mol. The Balaban J connectivity index is 0.788. The predicted molar refractivity (Wildman–Crippen MR) is 391 cm³/mol. The zero-order valence-corrected chi connectivity index (χ0v) is 57.2. The maximum atomic E-state index is 15.3. The van der Waals surface area contributed by atoms with Crippen molar-refractivity contribution in [3.8, 4) is 22.3 Å². The second-order valence-electron chi connectivity index (χ2n) is 27.1. The normalized spacial score (nSPS) is 13.6. The molecule has 10 aromatic carbocycles. The monoisotopic (exact) mass is 1360 g/mol. The molecule has 6 N–H and O–H groups in total. The minimum absolute atomic E-state index is 0.0498. The van der Waals surface area contributed by atoms with Crippen LogP contribution in [-0.2, 0) is 55.7 Å². The predicted octanol–water partition coefficient (Wildman–Crippen LogP) is 14.3. The van der Waals surface area contributed by atoms with Gasteiger partial charge in [-0.2, -0.15) is 0 Å². The van der Waals surface area contributed by atoms with E-state index in [2.05, 4.69) is 26.6 Å². The number of benzene rings is 10. The Labute approximate surface area is 593 Å². The second kappa shape index (κ2) is 31.1. The number of hydrogen-bond acceptors (Lipinski definition) is 10. The van der Waals surface area contributed by atoms with E-state index in [1.807, 2.05) is 280 Å². The molecular weight excluding hydrogens is 1280 g/mol. The van der Waals surface area contributed by atoms with Crippen molar-refractivity contribution < 1.29 is 52.9 Å². The fraction of sp³-hybridized carbons (Fsp3) is 0.221. The number of fused-ring (bicyclic) bond motifs is 6. The summed E-state index contributed by atoms with van der Waals surface area (Å²) in [7, 11) is 0. The van der Waals surface area contributed by atoms with Crippen molar-refractivity contribution in [2.75, 3.05) is 13.2 Å². The van der Waals surface area contributed by atoms with E-state index in [-0.39, 0.29) is 37.4 Å². The van der Waals surface area contributed by atoms with E-state index in [1.54, 1.807) is 20.8 Å². The molecular formula is C86H81N5O11. The number of ether oxygens (including phenoxy) is 3. The first-order valence-electron chi connectivity index (χ1n) is 34.4. The van der Waals surface area contributed by atoms with E-state index in [4.69, 9.17) is 14.2 Å². The molecule has 0 aliphatic heterocycles. The van der Waals surface area contributed by atoms with Crippen LogP contribution >= 0.6 is 0 Å².